The molecule has 0 amide bonds. The highest BCUT2D eigenvalue weighted by Crippen LogP contribution is 2.35. The van der Waals surface area contributed by atoms with Gasteiger partial charge in [0.25, 0.3) is 0 Å². The Labute approximate surface area is 74.8 Å². The van der Waals surface area contributed by atoms with Gasteiger partial charge in [0.05, 0.1) is 5.51 Å². The van der Waals surface area contributed by atoms with Crippen molar-refractivity contribution in [3.8, 4) is 0 Å². The van der Waals surface area contributed by atoms with Crippen LogP contribution in [0.3, 0.4) is 0 Å². The highest BCUT2D eigenvalue weighted by Gasteiger charge is 2.37. The van der Waals surface area contributed by atoms with Crippen molar-refractivity contribution < 1.29 is 13.2 Å². The number of hydrogen-bond donors (Lipinski definition) is 0. The van der Waals surface area contributed by atoms with Crippen LogP contribution in [0.2, 0.25) is 0 Å². The molecule has 2 rings (SSSR count). The molecule has 0 aromatic carbocycles. The van der Waals surface area contributed by atoms with E-state index in [0.717, 1.165) is 16.0 Å². The summed E-state index contributed by atoms with van der Waals surface area (Å²) in [5.41, 5.74) is 0.798. The maximum atomic E-state index is 12.3. The Morgan fingerprint density at radius 3 is 2.77 bits per heavy atom. The lowest BCUT2D eigenvalue weighted by Gasteiger charge is -1.99. The molecule has 2 aromatic heterocycles. The second-order valence-corrected chi connectivity index (χ2v) is 3.33. The Bertz CT molecular complexity index is 441. The lowest BCUT2D eigenvalue weighted by atomic mass is 10.4. The molecule has 2 heterocycles. The summed E-state index contributed by atoms with van der Waals surface area (Å²) in [7, 11) is 1.44. The number of hydrogen-bond acceptors (Lipinski definition) is 3. The molecule has 2 aromatic rings. The summed E-state index contributed by atoms with van der Waals surface area (Å²) in [4.78, 5) is 3.77. The van der Waals surface area contributed by atoms with Gasteiger partial charge in [0.2, 0.25) is 0 Å². The number of alkyl halides is 3. The molecular formula is C6H4F3N3S. The zero-order valence-corrected chi connectivity index (χ0v) is 7.28. The van der Waals surface area contributed by atoms with E-state index in [2.05, 4.69) is 10.1 Å². The minimum atomic E-state index is -4.40. The van der Waals surface area contributed by atoms with E-state index in [9.17, 15) is 13.2 Å². The molecule has 3 nitrogen and oxygen atoms in total. The number of nitrogens with zero attached hydrogens (tertiary/aromatic N) is 3. The van der Waals surface area contributed by atoms with Crippen molar-refractivity contribution in [2.24, 2.45) is 7.05 Å². The molecule has 0 atom stereocenters. The predicted octanol–water partition coefficient (Wildman–Crippen LogP) is 2.05. The first-order chi connectivity index (χ1) is 6.00. The van der Waals surface area contributed by atoms with Crippen molar-refractivity contribution in [1.82, 2.24) is 14.8 Å². The summed E-state index contributed by atoms with van der Waals surface area (Å²) in [5, 5.41) is 3.36. The second kappa shape index (κ2) is 2.44. The van der Waals surface area contributed by atoms with Crippen LogP contribution in [-0.2, 0) is 13.2 Å². The highest BCUT2D eigenvalue weighted by atomic mass is 32.1. The first-order valence-electron chi connectivity index (χ1n) is 3.33. The van der Waals surface area contributed by atoms with Gasteiger partial charge < -0.3 is 0 Å². The number of thiazole rings is 1. The topological polar surface area (TPSA) is 30.7 Å². The molecule has 0 N–H and O–H groups in total. The third-order valence-electron chi connectivity index (χ3n) is 1.59. The smallest absolute Gasteiger partial charge is 0.249 e. The Kier molecular flexibility index (Phi) is 1.59. The molecule has 0 aliphatic carbocycles. The Morgan fingerprint density at radius 1 is 1.46 bits per heavy atom. The molecule has 7 heteroatoms. The summed E-state index contributed by atoms with van der Waals surface area (Å²) in [6.45, 7) is 0. The first kappa shape index (κ1) is 8.49. The van der Waals surface area contributed by atoms with E-state index in [0.29, 0.717) is 0 Å². The van der Waals surface area contributed by atoms with Crippen molar-refractivity contribution in [2.45, 2.75) is 6.18 Å². The second-order valence-electron chi connectivity index (χ2n) is 2.48. The Balaban J connectivity index is 2.76. The molecule has 0 fully saturated rings. The van der Waals surface area contributed by atoms with Gasteiger partial charge in [-0.1, -0.05) is 0 Å². The van der Waals surface area contributed by atoms with Gasteiger partial charge in [0, 0.05) is 7.05 Å². The molecule has 0 aliphatic rings. The van der Waals surface area contributed by atoms with E-state index in [1.165, 1.54) is 12.6 Å². The number of rotatable bonds is 0. The maximum absolute atomic E-state index is 12.3. The fraction of sp³-hybridized carbons (Fsp3) is 0.333. The Morgan fingerprint density at radius 2 is 2.15 bits per heavy atom. The fourth-order valence-corrected chi connectivity index (χ4v) is 1.88. The predicted molar refractivity (Wildman–Crippen MR) is 41.4 cm³/mol. The standard InChI is InChI=1S/C6H4F3N3S/c1-12-5-3(13-2-10-5)4(11-12)6(7,8)9/h2H,1H3. The number of aryl methyl sites for hydroxylation is 1. The van der Waals surface area contributed by atoms with Gasteiger partial charge in [-0.15, -0.1) is 11.3 Å². The largest absolute Gasteiger partial charge is 0.436 e. The molecule has 0 bridgehead atoms. The van der Waals surface area contributed by atoms with Crippen molar-refractivity contribution >= 4 is 21.7 Å². The normalized spacial score (nSPS) is 12.6. The SMILES string of the molecule is Cn1nc(C(F)(F)F)c2scnc21. The van der Waals surface area contributed by atoms with Gasteiger partial charge in [-0.25, -0.2) is 9.67 Å². The van der Waals surface area contributed by atoms with Crippen LogP contribution in [0.25, 0.3) is 10.3 Å². The molecule has 0 radical (unpaired) electrons. The zero-order chi connectivity index (χ0) is 9.64. The molecule has 0 saturated heterocycles. The lowest BCUT2D eigenvalue weighted by molar-refractivity contribution is -0.140. The average molecular weight is 207 g/mol. The number of fused-ring (bicyclic) bond motifs is 1. The Hall–Kier alpha value is -1.11. The summed E-state index contributed by atoms with van der Waals surface area (Å²) in [5.74, 6) is 0. The monoisotopic (exact) mass is 207 g/mol. The van der Waals surface area contributed by atoms with Gasteiger partial charge in [0.15, 0.2) is 11.3 Å². The summed E-state index contributed by atoms with van der Waals surface area (Å²) in [6, 6.07) is 0. The number of halogens is 3. The van der Waals surface area contributed by atoms with Crippen LogP contribution in [0, 0.1) is 0 Å². The summed E-state index contributed by atoms with van der Waals surface area (Å²) in [6.07, 6.45) is -4.40. The quantitative estimate of drug-likeness (QED) is 0.661. The van der Waals surface area contributed by atoms with Crippen LogP contribution >= 0.6 is 11.3 Å². The van der Waals surface area contributed by atoms with Gasteiger partial charge in [-0.05, 0) is 0 Å². The van der Waals surface area contributed by atoms with E-state index in [4.69, 9.17) is 0 Å². The fourth-order valence-electron chi connectivity index (χ4n) is 1.06. The molecule has 0 aliphatic heterocycles. The van der Waals surface area contributed by atoms with Crippen LogP contribution < -0.4 is 0 Å². The van der Waals surface area contributed by atoms with Crippen LogP contribution in [-0.4, -0.2) is 14.8 Å². The van der Waals surface area contributed by atoms with E-state index in [-0.39, 0.29) is 10.3 Å². The lowest BCUT2D eigenvalue weighted by Crippen LogP contribution is -2.06. The third-order valence-corrected chi connectivity index (χ3v) is 2.41. The zero-order valence-electron chi connectivity index (χ0n) is 6.46. The summed E-state index contributed by atoms with van der Waals surface area (Å²) >= 11 is 0.947. The molecule has 0 unspecified atom stereocenters. The molecular weight excluding hydrogens is 203 g/mol. The van der Waals surface area contributed by atoms with E-state index >= 15 is 0 Å². The molecule has 70 valence electrons. The van der Waals surface area contributed by atoms with Gasteiger partial charge in [-0.2, -0.15) is 18.3 Å². The van der Waals surface area contributed by atoms with Crippen molar-refractivity contribution in [1.29, 1.82) is 0 Å². The van der Waals surface area contributed by atoms with Crippen LogP contribution in [0.1, 0.15) is 5.69 Å². The third kappa shape index (κ3) is 1.19. The molecule has 13 heavy (non-hydrogen) atoms. The van der Waals surface area contributed by atoms with E-state index in [1.807, 2.05) is 0 Å². The van der Waals surface area contributed by atoms with Crippen LogP contribution in [0.4, 0.5) is 13.2 Å². The van der Waals surface area contributed by atoms with Crippen LogP contribution in [0.5, 0.6) is 0 Å². The van der Waals surface area contributed by atoms with Crippen molar-refractivity contribution in [3.63, 3.8) is 0 Å². The van der Waals surface area contributed by atoms with Crippen molar-refractivity contribution in [2.75, 3.05) is 0 Å². The van der Waals surface area contributed by atoms with Gasteiger partial charge in [-0.3, -0.25) is 0 Å². The van der Waals surface area contributed by atoms with E-state index in [1.54, 1.807) is 0 Å². The minimum Gasteiger partial charge on any atom is -0.249 e. The van der Waals surface area contributed by atoms with Gasteiger partial charge >= 0.3 is 6.18 Å². The van der Waals surface area contributed by atoms with Crippen molar-refractivity contribution in [3.05, 3.63) is 11.2 Å². The van der Waals surface area contributed by atoms with E-state index < -0.39 is 11.9 Å². The number of aromatic nitrogens is 3. The highest BCUT2D eigenvalue weighted by molar-refractivity contribution is 7.16. The first-order valence-corrected chi connectivity index (χ1v) is 4.21. The maximum Gasteiger partial charge on any atom is 0.436 e. The summed E-state index contributed by atoms with van der Waals surface area (Å²) < 4.78 is 38.2. The average Bonchev–Trinajstić information content (AvgIpc) is 2.51. The van der Waals surface area contributed by atoms with Gasteiger partial charge in [0.1, 0.15) is 4.70 Å². The molecule has 0 saturated carbocycles. The molecule has 0 spiro atoms. The van der Waals surface area contributed by atoms with Crippen LogP contribution in [0.15, 0.2) is 5.51 Å². The minimum absolute atomic E-state index is 0.0926.